The molecule has 1 aliphatic rings. The summed E-state index contributed by atoms with van der Waals surface area (Å²) in [5, 5.41) is 20.5. The number of aliphatic hydroxyl groups excluding tert-OH is 2. The molecule has 0 bridgehead atoms. The Hall–Kier alpha value is -1.71. The number of phosphoric acid groups is 2. The summed E-state index contributed by atoms with van der Waals surface area (Å²) in [7, 11) is -10.3. The number of nitrogens with two attached hydrogens (primary N) is 1. The summed E-state index contributed by atoms with van der Waals surface area (Å²) in [5.41, 5.74) is 4.55. The third-order valence-corrected chi connectivity index (χ3v) is 10.00. The van der Waals surface area contributed by atoms with Gasteiger partial charge in [-0.05, 0) is 12.5 Å². The largest absolute Gasteiger partial charge is 0.481 e. The maximum Gasteiger partial charge on any atom is 0.481 e. The highest BCUT2D eigenvalue weighted by Crippen LogP contribution is 2.60. The average Bonchev–Trinajstić information content (AvgIpc) is 3.26. The number of ether oxygens (including phenoxy) is 2. The lowest BCUT2D eigenvalue weighted by atomic mass is 10.0. The zero-order valence-corrected chi connectivity index (χ0v) is 28.3. The van der Waals surface area contributed by atoms with Gasteiger partial charge in [-0.2, -0.15) is 9.29 Å². The Labute approximate surface area is 269 Å². The molecule has 1 aliphatic heterocycles. The molecule has 1 aromatic rings. The van der Waals surface area contributed by atoms with Crippen LogP contribution in [0, 0.1) is 0 Å². The molecule has 266 valence electrons. The summed E-state index contributed by atoms with van der Waals surface area (Å²) >= 11 is 0. The second kappa shape index (κ2) is 21.3. The molecule has 1 saturated heterocycles. The van der Waals surface area contributed by atoms with Crippen molar-refractivity contribution in [2.45, 2.75) is 128 Å². The SMILES string of the molecule is CCCCCCCCCCCCCCCC(=O)OCCCOP(=O)(O)OP(=O)(O)OCC1OC(n2ccc(N)nc2=O)C(O)C1O. The third-order valence-electron chi connectivity index (χ3n) is 7.36. The summed E-state index contributed by atoms with van der Waals surface area (Å²) in [6, 6.07) is 1.26. The van der Waals surface area contributed by atoms with E-state index in [4.69, 9.17) is 15.2 Å². The number of esters is 1. The van der Waals surface area contributed by atoms with Crippen molar-refractivity contribution >= 4 is 27.4 Å². The topological polar surface area (TPSA) is 239 Å². The lowest BCUT2D eigenvalue weighted by Gasteiger charge is -2.19. The summed E-state index contributed by atoms with van der Waals surface area (Å²) in [6.45, 7) is 0.844. The number of hydrogen-bond acceptors (Lipinski definition) is 13. The highest BCUT2D eigenvalue weighted by molar-refractivity contribution is 7.61. The van der Waals surface area contributed by atoms with Crippen LogP contribution in [0.15, 0.2) is 17.1 Å². The fourth-order valence-corrected chi connectivity index (χ4v) is 6.96. The molecule has 6 atom stereocenters. The van der Waals surface area contributed by atoms with Crippen molar-refractivity contribution in [1.29, 1.82) is 0 Å². The van der Waals surface area contributed by atoms with E-state index in [1.54, 1.807) is 0 Å². The first kappa shape index (κ1) is 40.5. The van der Waals surface area contributed by atoms with Crippen molar-refractivity contribution in [3.05, 3.63) is 22.7 Å². The third kappa shape index (κ3) is 15.9. The molecular weight excluding hydrogens is 648 g/mol. The Morgan fingerprint density at radius 2 is 1.46 bits per heavy atom. The lowest BCUT2D eigenvalue weighted by Crippen LogP contribution is -2.36. The first-order valence-corrected chi connectivity index (χ1v) is 19.0. The summed E-state index contributed by atoms with van der Waals surface area (Å²) in [4.78, 5) is 47.1. The molecule has 2 rings (SSSR count). The lowest BCUT2D eigenvalue weighted by molar-refractivity contribution is -0.144. The van der Waals surface area contributed by atoms with E-state index in [1.807, 2.05) is 0 Å². The molecule has 0 radical (unpaired) electrons. The number of rotatable bonds is 25. The second-order valence-corrected chi connectivity index (χ2v) is 14.3. The minimum Gasteiger partial charge on any atom is -0.466 e. The van der Waals surface area contributed by atoms with Gasteiger partial charge in [-0.1, -0.05) is 84.0 Å². The van der Waals surface area contributed by atoms with Crippen molar-refractivity contribution in [2.75, 3.05) is 25.6 Å². The van der Waals surface area contributed by atoms with Gasteiger partial charge < -0.3 is 35.2 Å². The Bertz CT molecular complexity index is 1190. The number of carbonyl (C=O) groups excluding carboxylic acids is 1. The first-order chi connectivity index (χ1) is 21.8. The van der Waals surface area contributed by atoms with Gasteiger partial charge in [0.2, 0.25) is 0 Å². The summed E-state index contributed by atoms with van der Waals surface area (Å²) in [5.74, 6) is -0.467. The van der Waals surface area contributed by atoms with Gasteiger partial charge in [-0.25, -0.2) is 13.9 Å². The van der Waals surface area contributed by atoms with Crippen LogP contribution in [0.1, 0.15) is 109 Å². The fourth-order valence-electron chi connectivity index (χ4n) is 4.85. The number of nitrogens with zero attached hydrogens (tertiary/aromatic N) is 2. The van der Waals surface area contributed by atoms with Gasteiger partial charge in [0.15, 0.2) is 6.23 Å². The van der Waals surface area contributed by atoms with Crippen LogP contribution >= 0.6 is 15.6 Å². The maximum absolute atomic E-state index is 12.2. The minimum absolute atomic E-state index is 0.0234. The van der Waals surface area contributed by atoms with Crippen LogP contribution in [0.5, 0.6) is 0 Å². The van der Waals surface area contributed by atoms with Crippen LogP contribution in [0.25, 0.3) is 0 Å². The fraction of sp³-hybridized carbons (Fsp3) is 0.821. The molecule has 1 fully saturated rings. The van der Waals surface area contributed by atoms with Crippen LogP contribution in [0.4, 0.5) is 5.82 Å². The van der Waals surface area contributed by atoms with Crippen molar-refractivity contribution in [2.24, 2.45) is 0 Å². The Kier molecular flexibility index (Phi) is 18.7. The predicted molar refractivity (Wildman–Crippen MR) is 167 cm³/mol. The number of unbranched alkanes of at least 4 members (excludes halogenated alkanes) is 12. The van der Waals surface area contributed by atoms with Crippen molar-refractivity contribution in [3.8, 4) is 0 Å². The molecule has 0 amide bonds. The van der Waals surface area contributed by atoms with Crippen molar-refractivity contribution < 1.29 is 56.8 Å². The van der Waals surface area contributed by atoms with Crippen LogP contribution in [0.2, 0.25) is 0 Å². The highest BCUT2D eigenvalue weighted by atomic mass is 31.3. The van der Waals surface area contributed by atoms with Gasteiger partial charge in [-0.15, -0.1) is 0 Å². The average molecular weight is 700 g/mol. The van der Waals surface area contributed by atoms with E-state index in [2.05, 4.69) is 25.3 Å². The first-order valence-electron chi connectivity index (χ1n) is 16.0. The van der Waals surface area contributed by atoms with Crippen LogP contribution in [-0.4, -0.2) is 73.7 Å². The molecule has 1 aromatic heterocycles. The molecule has 0 spiro atoms. The zero-order chi connectivity index (χ0) is 34.0. The number of anilines is 1. The maximum atomic E-state index is 12.2. The minimum atomic E-state index is -5.22. The highest BCUT2D eigenvalue weighted by Gasteiger charge is 2.46. The molecule has 0 aromatic carbocycles. The van der Waals surface area contributed by atoms with Gasteiger partial charge >= 0.3 is 27.3 Å². The van der Waals surface area contributed by atoms with E-state index in [0.29, 0.717) is 0 Å². The van der Waals surface area contributed by atoms with E-state index in [1.165, 1.54) is 70.1 Å². The van der Waals surface area contributed by atoms with Crippen molar-refractivity contribution in [1.82, 2.24) is 9.55 Å². The van der Waals surface area contributed by atoms with Gasteiger partial charge in [0, 0.05) is 19.0 Å². The van der Waals surface area contributed by atoms with Crippen LogP contribution in [0.3, 0.4) is 0 Å². The van der Waals surface area contributed by atoms with Gasteiger partial charge in [0.25, 0.3) is 0 Å². The second-order valence-electron chi connectivity index (χ2n) is 11.3. The van der Waals surface area contributed by atoms with Crippen molar-refractivity contribution in [3.63, 3.8) is 0 Å². The Morgan fingerprint density at radius 3 is 2.04 bits per heavy atom. The zero-order valence-electron chi connectivity index (χ0n) is 26.5. The normalized spacial score (nSPS) is 22.4. The van der Waals surface area contributed by atoms with E-state index >= 15 is 0 Å². The van der Waals surface area contributed by atoms with Gasteiger partial charge in [-0.3, -0.25) is 18.4 Å². The molecular formula is C28H51N3O13P2. The van der Waals surface area contributed by atoms with Gasteiger partial charge in [0.05, 0.1) is 19.8 Å². The molecule has 0 aliphatic carbocycles. The van der Waals surface area contributed by atoms with Crippen LogP contribution < -0.4 is 11.4 Å². The number of aliphatic hydroxyl groups is 2. The number of aromatic nitrogens is 2. The smallest absolute Gasteiger partial charge is 0.466 e. The Morgan fingerprint density at radius 1 is 0.891 bits per heavy atom. The quantitative estimate of drug-likeness (QED) is 0.0548. The standard InChI is InChI=1S/C28H51N3O13P2/c1-2-3-4-5-6-7-8-9-10-11-12-13-14-16-24(32)40-19-15-20-41-45(36,37)44-46(38,39)42-21-22-25(33)26(34)27(43-22)31-18-17-23(29)30-28(31)35/h17-18,22,25-27,33-34H,2-16,19-21H2,1H3,(H,36,37)(H,38,39)(H2,29,30,35). The summed E-state index contributed by atoms with van der Waals surface area (Å²) in [6.07, 6.45) is 10.9. The Balaban J connectivity index is 1.54. The number of nitrogen functional groups attached to an aromatic ring is 1. The molecule has 46 heavy (non-hydrogen) atoms. The summed E-state index contributed by atoms with van der Waals surface area (Å²) < 4.78 is 49.2. The molecule has 16 nitrogen and oxygen atoms in total. The molecule has 2 heterocycles. The van der Waals surface area contributed by atoms with E-state index in [9.17, 15) is 38.7 Å². The monoisotopic (exact) mass is 699 g/mol. The van der Waals surface area contributed by atoms with E-state index < -0.39 is 59.1 Å². The molecule has 6 N–H and O–H groups in total. The number of phosphoric ester groups is 2. The van der Waals surface area contributed by atoms with Crippen LogP contribution in [-0.2, 0) is 36.8 Å². The molecule has 0 saturated carbocycles. The van der Waals surface area contributed by atoms with Gasteiger partial charge in [0.1, 0.15) is 24.1 Å². The predicted octanol–water partition coefficient (Wildman–Crippen LogP) is 4.11. The van der Waals surface area contributed by atoms with E-state index in [-0.39, 0.29) is 31.2 Å². The molecule has 18 heteroatoms. The number of carbonyl (C=O) groups is 1. The van der Waals surface area contributed by atoms with E-state index in [0.717, 1.165) is 30.3 Å². The molecule has 6 unspecified atom stereocenters. The number of hydrogen-bond donors (Lipinski definition) is 5.